The largest absolute Gasteiger partial charge is 0.352 e. The third-order valence-corrected chi connectivity index (χ3v) is 4.35. The highest BCUT2D eigenvalue weighted by atomic mass is 79.9. The van der Waals surface area contributed by atoms with E-state index in [0.717, 1.165) is 12.3 Å². The Bertz CT molecular complexity index is 444. The number of hydrogen-bond donors (Lipinski definition) is 1. The summed E-state index contributed by atoms with van der Waals surface area (Å²) in [4.78, 5) is 11.9. The molecule has 1 N–H and O–H groups in total. The fourth-order valence-electron chi connectivity index (χ4n) is 2.61. The van der Waals surface area contributed by atoms with Crippen LogP contribution in [-0.4, -0.2) is 12.5 Å². The van der Waals surface area contributed by atoms with E-state index in [2.05, 4.69) is 21.2 Å². The van der Waals surface area contributed by atoms with Crippen LogP contribution >= 0.6 is 15.9 Å². The highest BCUT2D eigenvalue weighted by Gasteiger charge is 2.14. The van der Waals surface area contributed by atoms with E-state index in [-0.39, 0.29) is 11.7 Å². The summed E-state index contributed by atoms with van der Waals surface area (Å²) < 4.78 is 13.4. The first-order valence-corrected chi connectivity index (χ1v) is 7.69. The zero-order valence-electron chi connectivity index (χ0n) is 10.9. The number of benzene rings is 1. The molecule has 2 nitrogen and oxygen atoms in total. The quantitative estimate of drug-likeness (QED) is 0.878. The van der Waals surface area contributed by atoms with E-state index in [1.54, 1.807) is 0 Å². The molecule has 1 aliphatic carbocycles. The van der Waals surface area contributed by atoms with Gasteiger partial charge in [0.2, 0.25) is 0 Å². The van der Waals surface area contributed by atoms with Crippen LogP contribution in [0.1, 0.15) is 48.9 Å². The second-order valence-electron chi connectivity index (χ2n) is 5.18. The maximum absolute atomic E-state index is 13.1. The molecule has 1 saturated carbocycles. The molecule has 0 atom stereocenters. The third-order valence-electron chi connectivity index (χ3n) is 3.74. The summed E-state index contributed by atoms with van der Waals surface area (Å²) in [5.74, 6) is 0.282. The molecule has 1 fully saturated rings. The first-order valence-electron chi connectivity index (χ1n) is 6.90. The Balaban J connectivity index is 1.78. The number of nitrogens with one attached hydrogen (secondary N) is 1. The van der Waals surface area contributed by atoms with Crippen molar-refractivity contribution < 1.29 is 9.18 Å². The van der Waals surface area contributed by atoms with Gasteiger partial charge in [0.15, 0.2) is 0 Å². The van der Waals surface area contributed by atoms with Crippen LogP contribution < -0.4 is 5.32 Å². The van der Waals surface area contributed by atoms with Gasteiger partial charge in [0.25, 0.3) is 5.91 Å². The Morgan fingerprint density at radius 3 is 2.74 bits per heavy atom. The molecule has 4 heteroatoms. The summed E-state index contributed by atoms with van der Waals surface area (Å²) in [6, 6.07) is 4.33. The van der Waals surface area contributed by atoms with Crippen molar-refractivity contribution in [3.8, 4) is 0 Å². The van der Waals surface area contributed by atoms with Gasteiger partial charge in [0, 0.05) is 12.1 Å². The van der Waals surface area contributed by atoms with Crippen molar-refractivity contribution in [2.45, 2.75) is 38.5 Å². The highest BCUT2D eigenvalue weighted by molar-refractivity contribution is 9.10. The summed E-state index contributed by atoms with van der Waals surface area (Å²) in [6.45, 7) is 0.707. The summed E-state index contributed by atoms with van der Waals surface area (Å²) in [6.07, 6.45) is 7.63. The Kier molecular flexibility index (Phi) is 5.37. The average Bonchev–Trinajstić information content (AvgIpc) is 2.43. The summed E-state index contributed by atoms with van der Waals surface area (Å²) >= 11 is 3.09. The van der Waals surface area contributed by atoms with Gasteiger partial charge in [0.1, 0.15) is 5.82 Å². The molecule has 0 aliphatic heterocycles. The third kappa shape index (κ3) is 4.30. The molecule has 0 bridgehead atoms. The van der Waals surface area contributed by atoms with Gasteiger partial charge in [0.05, 0.1) is 4.47 Å². The van der Waals surface area contributed by atoms with Gasteiger partial charge < -0.3 is 5.32 Å². The number of carbonyl (C=O) groups is 1. The fraction of sp³-hybridized carbons (Fsp3) is 0.533. The number of rotatable bonds is 4. The van der Waals surface area contributed by atoms with Crippen LogP contribution in [0, 0.1) is 11.7 Å². The van der Waals surface area contributed by atoms with Crippen LogP contribution in [0.4, 0.5) is 4.39 Å². The summed E-state index contributed by atoms with van der Waals surface area (Å²) in [7, 11) is 0. The van der Waals surface area contributed by atoms with E-state index >= 15 is 0 Å². The number of hydrogen-bond acceptors (Lipinski definition) is 1. The topological polar surface area (TPSA) is 29.1 Å². The molecule has 0 aromatic heterocycles. The lowest BCUT2D eigenvalue weighted by molar-refractivity contribution is 0.0950. The second-order valence-corrected chi connectivity index (χ2v) is 6.03. The minimum Gasteiger partial charge on any atom is -0.352 e. The van der Waals surface area contributed by atoms with Crippen molar-refractivity contribution in [2.24, 2.45) is 5.92 Å². The first-order chi connectivity index (χ1) is 9.16. The highest BCUT2D eigenvalue weighted by Crippen LogP contribution is 2.25. The zero-order valence-corrected chi connectivity index (χ0v) is 12.5. The van der Waals surface area contributed by atoms with Gasteiger partial charge in [-0.3, -0.25) is 4.79 Å². The van der Waals surface area contributed by atoms with Crippen LogP contribution in [0.25, 0.3) is 0 Å². The lowest BCUT2D eigenvalue weighted by Crippen LogP contribution is -2.26. The average molecular weight is 328 g/mol. The van der Waals surface area contributed by atoms with Crippen LogP contribution in [-0.2, 0) is 0 Å². The maximum Gasteiger partial charge on any atom is 0.251 e. The standard InChI is InChI=1S/C15H19BrFNO/c16-13-10-12(6-7-14(13)17)15(19)18-9-8-11-4-2-1-3-5-11/h6-7,10-11H,1-5,8-9H2,(H,18,19). The summed E-state index contributed by atoms with van der Waals surface area (Å²) in [5, 5.41) is 2.91. The molecule has 0 spiro atoms. The normalized spacial score (nSPS) is 16.3. The van der Waals surface area contributed by atoms with Crippen LogP contribution in [0.3, 0.4) is 0 Å². The number of amides is 1. The first kappa shape index (κ1) is 14.5. The molecule has 1 aromatic rings. The van der Waals surface area contributed by atoms with Gasteiger partial charge in [-0.1, -0.05) is 32.1 Å². The van der Waals surface area contributed by atoms with Crippen LogP contribution in [0.5, 0.6) is 0 Å². The monoisotopic (exact) mass is 327 g/mol. The van der Waals surface area contributed by atoms with E-state index in [1.165, 1.54) is 50.3 Å². The van der Waals surface area contributed by atoms with Gasteiger partial charge in [-0.05, 0) is 46.5 Å². The second kappa shape index (κ2) is 7.04. The number of carbonyl (C=O) groups excluding carboxylic acids is 1. The van der Waals surface area contributed by atoms with E-state index < -0.39 is 0 Å². The predicted octanol–water partition coefficient (Wildman–Crippen LogP) is 4.29. The lowest BCUT2D eigenvalue weighted by atomic mass is 9.87. The molecule has 0 radical (unpaired) electrons. The molecule has 19 heavy (non-hydrogen) atoms. The molecule has 104 valence electrons. The molecule has 0 heterocycles. The zero-order chi connectivity index (χ0) is 13.7. The van der Waals surface area contributed by atoms with E-state index in [0.29, 0.717) is 16.6 Å². The van der Waals surface area contributed by atoms with Crippen molar-refractivity contribution >= 4 is 21.8 Å². The molecule has 0 unspecified atom stereocenters. The maximum atomic E-state index is 13.1. The molecule has 2 rings (SSSR count). The van der Waals surface area contributed by atoms with Crippen molar-refractivity contribution in [3.05, 3.63) is 34.1 Å². The number of halogens is 2. The Morgan fingerprint density at radius 1 is 1.32 bits per heavy atom. The van der Waals surface area contributed by atoms with Crippen molar-refractivity contribution in [3.63, 3.8) is 0 Å². The van der Waals surface area contributed by atoms with Gasteiger partial charge in [-0.25, -0.2) is 4.39 Å². The summed E-state index contributed by atoms with van der Waals surface area (Å²) in [5.41, 5.74) is 0.497. The molecule has 1 amide bonds. The molecular weight excluding hydrogens is 309 g/mol. The van der Waals surface area contributed by atoms with E-state index in [4.69, 9.17) is 0 Å². The Morgan fingerprint density at radius 2 is 2.05 bits per heavy atom. The fourth-order valence-corrected chi connectivity index (χ4v) is 2.98. The van der Waals surface area contributed by atoms with Crippen LogP contribution in [0.15, 0.2) is 22.7 Å². The SMILES string of the molecule is O=C(NCCC1CCCCC1)c1ccc(F)c(Br)c1. The molecule has 0 saturated heterocycles. The molecular formula is C15H19BrFNO. The molecule has 1 aromatic carbocycles. The molecule has 1 aliphatic rings. The van der Waals surface area contributed by atoms with Crippen molar-refractivity contribution in [2.75, 3.05) is 6.54 Å². The lowest BCUT2D eigenvalue weighted by Gasteiger charge is -2.21. The van der Waals surface area contributed by atoms with Gasteiger partial charge in [-0.15, -0.1) is 0 Å². The van der Waals surface area contributed by atoms with Crippen molar-refractivity contribution in [1.82, 2.24) is 5.32 Å². The smallest absolute Gasteiger partial charge is 0.251 e. The van der Waals surface area contributed by atoms with Gasteiger partial charge >= 0.3 is 0 Å². The minimum absolute atomic E-state index is 0.128. The Labute approximate surface area is 121 Å². The van der Waals surface area contributed by atoms with Gasteiger partial charge in [-0.2, -0.15) is 0 Å². The Hall–Kier alpha value is -0.900. The minimum atomic E-state index is -0.348. The predicted molar refractivity (Wildman–Crippen MR) is 77.6 cm³/mol. The van der Waals surface area contributed by atoms with Crippen molar-refractivity contribution in [1.29, 1.82) is 0 Å². The van der Waals surface area contributed by atoms with Crippen LogP contribution in [0.2, 0.25) is 0 Å². The van der Waals surface area contributed by atoms with E-state index in [9.17, 15) is 9.18 Å². The van der Waals surface area contributed by atoms with E-state index in [1.807, 2.05) is 0 Å².